The number of halogens is 1. The summed E-state index contributed by atoms with van der Waals surface area (Å²) in [5, 5.41) is 6.66. The molecule has 0 aliphatic heterocycles. The zero-order valence-electron chi connectivity index (χ0n) is 12.3. The number of H-pyrrole nitrogens is 1. The Hall–Kier alpha value is -2.18. The highest BCUT2D eigenvalue weighted by Crippen LogP contribution is 2.22. The molecule has 0 bridgehead atoms. The molecular weight excluding hydrogens is 372 g/mol. The van der Waals surface area contributed by atoms with Gasteiger partial charge in [-0.3, -0.25) is 4.99 Å². The first-order valence-corrected chi connectivity index (χ1v) is 8.71. The number of benzene rings is 1. The Morgan fingerprint density at radius 2 is 2.09 bits per heavy atom. The van der Waals surface area contributed by atoms with Crippen molar-refractivity contribution in [3.8, 4) is 11.3 Å². The van der Waals surface area contributed by atoms with Gasteiger partial charge in [0.25, 0.3) is 0 Å². The molecule has 23 heavy (non-hydrogen) atoms. The molecule has 0 radical (unpaired) electrons. The summed E-state index contributed by atoms with van der Waals surface area (Å²) >= 11 is 5.03. The monoisotopic (exact) mass is 386 g/mol. The van der Waals surface area contributed by atoms with Gasteiger partial charge < -0.3 is 4.98 Å². The average Bonchev–Trinajstić information content (AvgIpc) is 3.21. The Morgan fingerprint density at radius 3 is 2.78 bits per heavy atom. The number of hydrogen-bond donors (Lipinski definition) is 1. The molecule has 0 amide bonds. The molecule has 0 fully saturated rings. The van der Waals surface area contributed by atoms with Gasteiger partial charge in [0, 0.05) is 21.6 Å². The summed E-state index contributed by atoms with van der Waals surface area (Å²) < 4.78 is 2.91. The maximum Gasteiger partial charge on any atom is 0.206 e. The molecule has 4 nitrogen and oxygen atoms in total. The molecule has 0 saturated heterocycles. The predicted molar refractivity (Wildman–Crippen MR) is 99.9 cm³/mol. The van der Waals surface area contributed by atoms with E-state index in [1.54, 1.807) is 23.6 Å². The van der Waals surface area contributed by atoms with Crippen molar-refractivity contribution in [2.75, 3.05) is 6.54 Å². The number of hydrogen-bond acceptors (Lipinski definition) is 3. The van der Waals surface area contributed by atoms with Crippen molar-refractivity contribution in [1.29, 1.82) is 0 Å². The van der Waals surface area contributed by atoms with Gasteiger partial charge in [0.15, 0.2) is 0 Å². The molecule has 0 unspecified atom stereocenters. The van der Waals surface area contributed by atoms with E-state index < -0.39 is 0 Å². The van der Waals surface area contributed by atoms with Crippen LogP contribution in [0.15, 0.2) is 75.2 Å². The number of aromatic nitrogens is 2. The predicted octanol–water partition coefficient (Wildman–Crippen LogP) is 4.28. The first-order chi connectivity index (χ1) is 11.3. The largest absolute Gasteiger partial charge is 0.360 e. The van der Waals surface area contributed by atoms with Crippen molar-refractivity contribution < 1.29 is 0 Å². The Morgan fingerprint density at radius 1 is 1.26 bits per heavy atom. The van der Waals surface area contributed by atoms with Gasteiger partial charge in [-0.15, -0.1) is 17.9 Å². The summed E-state index contributed by atoms with van der Waals surface area (Å²) in [6.45, 7) is 4.29. The Bertz CT molecular complexity index is 870. The van der Waals surface area contributed by atoms with Crippen LogP contribution < -0.4 is 4.80 Å². The molecule has 6 heteroatoms. The van der Waals surface area contributed by atoms with Crippen molar-refractivity contribution in [2.45, 2.75) is 0 Å². The Balaban J connectivity index is 2.07. The maximum atomic E-state index is 4.59. The fourth-order valence-corrected chi connectivity index (χ4v) is 3.14. The molecule has 2 aromatic heterocycles. The minimum absolute atomic E-state index is 0.568. The van der Waals surface area contributed by atoms with Crippen LogP contribution in [0.4, 0.5) is 0 Å². The van der Waals surface area contributed by atoms with Gasteiger partial charge >= 0.3 is 0 Å². The van der Waals surface area contributed by atoms with E-state index in [0.29, 0.717) is 6.54 Å². The second kappa shape index (κ2) is 7.39. The van der Waals surface area contributed by atoms with Crippen LogP contribution in [0.1, 0.15) is 5.69 Å². The lowest BCUT2D eigenvalue weighted by molar-refractivity contribution is 0.840. The summed E-state index contributed by atoms with van der Waals surface area (Å²) in [7, 11) is 0. The molecule has 2 heterocycles. The molecule has 0 aliphatic rings. The molecule has 3 rings (SSSR count). The highest BCUT2D eigenvalue weighted by Gasteiger charge is 2.07. The van der Waals surface area contributed by atoms with Crippen molar-refractivity contribution in [1.82, 2.24) is 9.66 Å². The molecular formula is C17H15BrN4S. The third-order valence-corrected chi connectivity index (χ3v) is 4.50. The normalized spacial score (nSPS) is 12.1. The maximum absolute atomic E-state index is 4.59. The minimum Gasteiger partial charge on any atom is -0.360 e. The fraction of sp³-hybridized carbons (Fsp3) is 0.0588. The van der Waals surface area contributed by atoms with Crippen molar-refractivity contribution in [3.63, 3.8) is 0 Å². The van der Waals surface area contributed by atoms with Crippen molar-refractivity contribution >= 4 is 33.5 Å². The highest BCUT2D eigenvalue weighted by molar-refractivity contribution is 9.10. The summed E-state index contributed by atoms with van der Waals surface area (Å²) in [5.74, 6) is 0. The standard InChI is InChI=1S/C17H15BrN4S/c1-2-9-20-17-22(21-11-15-4-3-10-19-15)16(12-23-17)13-5-7-14(18)8-6-13/h2-8,10-12,19H,1,9H2. The number of aromatic amines is 1. The van der Waals surface area contributed by atoms with Crippen LogP contribution in [0.25, 0.3) is 11.3 Å². The van der Waals surface area contributed by atoms with Gasteiger partial charge in [0.1, 0.15) is 0 Å². The second-order valence-electron chi connectivity index (χ2n) is 4.72. The molecule has 0 saturated carbocycles. The molecule has 116 valence electrons. The fourth-order valence-electron chi connectivity index (χ4n) is 2.03. The van der Waals surface area contributed by atoms with Crippen molar-refractivity contribution in [3.05, 3.63) is 75.6 Å². The van der Waals surface area contributed by atoms with Crippen LogP contribution in [0, 0.1) is 0 Å². The number of rotatable bonds is 5. The zero-order chi connectivity index (χ0) is 16.1. The van der Waals surface area contributed by atoms with Gasteiger partial charge in [0.2, 0.25) is 4.80 Å². The summed E-state index contributed by atoms with van der Waals surface area (Å²) in [5.41, 5.74) is 3.04. The molecule has 0 aliphatic carbocycles. The van der Waals surface area contributed by atoms with Crippen LogP contribution in [0.5, 0.6) is 0 Å². The number of thiazole rings is 1. The van der Waals surface area contributed by atoms with E-state index in [1.165, 1.54) is 0 Å². The third-order valence-electron chi connectivity index (χ3n) is 3.12. The van der Waals surface area contributed by atoms with Crippen LogP contribution in [-0.4, -0.2) is 22.4 Å². The van der Waals surface area contributed by atoms with E-state index in [2.05, 4.69) is 55.1 Å². The van der Waals surface area contributed by atoms with Crippen LogP contribution in [-0.2, 0) is 0 Å². The topological polar surface area (TPSA) is 45.4 Å². The van der Waals surface area contributed by atoms with Crippen molar-refractivity contribution in [2.24, 2.45) is 10.1 Å². The molecule has 1 N–H and O–H groups in total. The summed E-state index contributed by atoms with van der Waals surface area (Å²) in [4.78, 5) is 8.47. The first-order valence-electron chi connectivity index (χ1n) is 7.03. The summed E-state index contributed by atoms with van der Waals surface area (Å²) in [6.07, 6.45) is 5.44. The molecule has 3 aromatic rings. The van der Waals surface area contributed by atoms with Gasteiger partial charge in [0.05, 0.1) is 24.1 Å². The molecule has 1 aromatic carbocycles. The van der Waals surface area contributed by atoms with E-state index in [4.69, 9.17) is 0 Å². The quantitative estimate of drug-likeness (QED) is 0.502. The molecule has 0 spiro atoms. The van der Waals surface area contributed by atoms with Crippen LogP contribution in [0.3, 0.4) is 0 Å². The van der Waals surface area contributed by atoms with Crippen LogP contribution in [0.2, 0.25) is 0 Å². The van der Waals surface area contributed by atoms with Gasteiger partial charge in [-0.2, -0.15) is 5.10 Å². The minimum atomic E-state index is 0.568. The Kier molecular flexibility index (Phi) is 5.05. The van der Waals surface area contributed by atoms with E-state index in [9.17, 15) is 0 Å². The highest BCUT2D eigenvalue weighted by atomic mass is 79.9. The van der Waals surface area contributed by atoms with Gasteiger partial charge in [-0.1, -0.05) is 34.1 Å². The second-order valence-corrected chi connectivity index (χ2v) is 6.47. The number of nitrogens with zero attached hydrogens (tertiary/aromatic N) is 3. The lowest BCUT2D eigenvalue weighted by Gasteiger charge is -2.03. The van der Waals surface area contributed by atoms with E-state index in [1.807, 2.05) is 35.1 Å². The average molecular weight is 387 g/mol. The lowest BCUT2D eigenvalue weighted by Crippen LogP contribution is -2.12. The van der Waals surface area contributed by atoms with Gasteiger partial charge in [-0.05, 0) is 24.3 Å². The Labute approximate surface area is 146 Å². The van der Waals surface area contributed by atoms with E-state index >= 15 is 0 Å². The summed E-state index contributed by atoms with van der Waals surface area (Å²) in [6, 6.07) is 12.1. The van der Waals surface area contributed by atoms with E-state index in [-0.39, 0.29) is 0 Å². The van der Waals surface area contributed by atoms with Crippen LogP contribution >= 0.6 is 27.3 Å². The lowest BCUT2D eigenvalue weighted by atomic mass is 10.2. The zero-order valence-corrected chi connectivity index (χ0v) is 14.7. The molecule has 0 atom stereocenters. The van der Waals surface area contributed by atoms with E-state index in [0.717, 1.165) is 26.2 Å². The smallest absolute Gasteiger partial charge is 0.206 e. The third kappa shape index (κ3) is 3.78. The van der Waals surface area contributed by atoms with Gasteiger partial charge in [-0.25, -0.2) is 4.68 Å². The number of nitrogens with one attached hydrogen (secondary N) is 1. The first kappa shape index (κ1) is 15.7. The SMILES string of the molecule is C=CCN=c1scc(-c2ccc(Br)cc2)n1N=Cc1ccc[nH]1.